The lowest BCUT2D eigenvalue weighted by molar-refractivity contribution is -0.122. The van der Waals surface area contributed by atoms with Crippen LogP contribution >= 0.6 is 0 Å². The lowest BCUT2D eigenvalue weighted by atomic mass is 9.99. The summed E-state index contributed by atoms with van der Waals surface area (Å²) >= 11 is 0. The molecule has 5 rings (SSSR count). The number of anilines is 1. The summed E-state index contributed by atoms with van der Waals surface area (Å²) in [5.74, 6) is -0.479. The number of methoxy groups -OCH3 is 1. The highest BCUT2D eigenvalue weighted by Crippen LogP contribution is 2.30. The van der Waals surface area contributed by atoms with E-state index in [-0.39, 0.29) is 29.1 Å². The van der Waals surface area contributed by atoms with E-state index in [1.165, 1.54) is 12.7 Å². The van der Waals surface area contributed by atoms with E-state index < -0.39 is 5.97 Å². The average molecular weight is 435 g/mol. The number of aryl methyl sites for hydroxylation is 1. The number of piperidine rings is 1. The molecule has 0 bridgehead atoms. The molecule has 0 spiro atoms. The number of carbonyl (C=O) groups excluding carboxylic acids is 2. The Hall–Kier alpha value is -3.46. The van der Waals surface area contributed by atoms with Crippen molar-refractivity contribution in [2.24, 2.45) is 0 Å². The normalized spacial score (nSPS) is 19.9. The van der Waals surface area contributed by atoms with E-state index >= 15 is 0 Å². The summed E-state index contributed by atoms with van der Waals surface area (Å²) in [5.41, 5.74) is 2.72. The van der Waals surface area contributed by atoms with Crippen LogP contribution in [-0.2, 0) is 16.0 Å². The standard InChI is InChI=1S/C23H25N5O4/c1-32-23(31)17-13-28(12-16-20(17)25-26-21(16)29)15-8-10-27(11-9-15)19-7-6-14-4-2-3-5-18(14)24-22(19)30/h2-5,12-13,15,19H,6-11H2,1H3,(H,24,30)(H,26,29)/t19-/m1/s1. The Balaban J connectivity index is 1.33. The number of carbonyl (C=O) groups is 2. The Bertz CT molecular complexity index is 1190. The van der Waals surface area contributed by atoms with Gasteiger partial charge in [-0.1, -0.05) is 18.2 Å². The summed E-state index contributed by atoms with van der Waals surface area (Å²) in [4.78, 5) is 39.5. The van der Waals surface area contributed by atoms with Crippen LogP contribution in [0, 0.1) is 0 Å². The molecule has 9 nitrogen and oxygen atoms in total. The van der Waals surface area contributed by atoms with Gasteiger partial charge in [-0.15, -0.1) is 0 Å². The molecule has 0 radical (unpaired) electrons. The van der Waals surface area contributed by atoms with Crippen molar-refractivity contribution in [1.29, 1.82) is 0 Å². The number of pyridine rings is 1. The van der Waals surface area contributed by atoms with E-state index in [9.17, 15) is 14.4 Å². The number of nitrogens with zero attached hydrogens (tertiary/aromatic N) is 3. The first-order chi connectivity index (χ1) is 15.5. The van der Waals surface area contributed by atoms with Crippen LogP contribution in [0.3, 0.4) is 0 Å². The number of ether oxygens (including phenoxy) is 1. The van der Waals surface area contributed by atoms with Gasteiger partial charge in [0.05, 0.1) is 18.7 Å². The molecule has 2 N–H and O–H groups in total. The summed E-state index contributed by atoms with van der Waals surface area (Å²) in [6.07, 6.45) is 6.72. The zero-order valence-corrected chi connectivity index (χ0v) is 17.8. The fraction of sp³-hybridized carbons (Fsp3) is 0.391. The molecule has 1 fully saturated rings. The summed E-state index contributed by atoms with van der Waals surface area (Å²) in [7, 11) is 1.31. The Morgan fingerprint density at radius 3 is 2.69 bits per heavy atom. The molecule has 1 aromatic rings. The highest BCUT2D eigenvalue weighted by molar-refractivity contribution is 5.96. The third kappa shape index (κ3) is 3.58. The van der Waals surface area contributed by atoms with Crippen molar-refractivity contribution in [3.63, 3.8) is 0 Å². The zero-order chi connectivity index (χ0) is 22.2. The third-order valence-electron chi connectivity index (χ3n) is 6.61. The van der Waals surface area contributed by atoms with Crippen LogP contribution in [-0.4, -0.2) is 57.8 Å². The number of hydrogen-bond acceptors (Lipinski definition) is 6. The lowest BCUT2D eigenvalue weighted by Crippen LogP contribution is -2.47. The number of rotatable bonds is 3. The highest BCUT2D eigenvalue weighted by atomic mass is 16.5. The molecule has 1 amide bonds. The second-order valence-corrected chi connectivity index (χ2v) is 8.39. The number of fused-ring (bicyclic) bond motifs is 2. The van der Waals surface area contributed by atoms with Gasteiger partial charge in [-0.3, -0.25) is 14.5 Å². The van der Waals surface area contributed by atoms with Crippen molar-refractivity contribution in [1.82, 2.24) is 19.7 Å². The van der Waals surface area contributed by atoms with Gasteiger partial charge < -0.3 is 14.6 Å². The van der Waals surface area contributed by atoms with Crippen molar-refractivity contribution in [2.75, 3.05) is 25.5 Å². The molecule has 0 saturated carbocycles. The Morgan fingerprint density at radius 2 is 1.91 bits per heavy atom. The van der Waals surface area contributed by atoms with E-state index in [2.05, 4.69) is 26.5 Å². The second kappa shape index (κ2) is 8.23. The zero-order valence-electron chi connectivity index (χ0n) is 17.8. The molecule has 0 aliphatic carbocycles. The van der Waals surface area contributed by atoms with E-state index in [1.807, 2.05) is 22.8 Å². The van der Waals surface area contributed by atoms with E-state index in [4.69, 9.17) is 4.74 Å². The van der Waals surface area contributed by atoms with Crippen molar-refractivity contribution in [3.05, 3.63) is 58.1 Å². The van der Waals surface area contributed by atoms with Crippen LogP contribution in [0.1, 0.15) is 41.2 Å². The number of benzene rings is 1. The van der Waals surface area contributed by atoms with Crippen molar-refractivity contribution >= 4 is 17.6 Å². The van der Waals surface area contributed by atoms with Crippen molar-refractivity contribution in [2.45, 2.75) is 37.8 Å². The Morgan fingerprint density at radius 1 is 1.12 bits per heavy atom. The number of aromatic amines is 1. The van der Waals surface area contributed by atoms with Crippen molar-refractivity contribution in [3.8, 4) is 11.3 Å². The molecule has 1 aromatic carbocycles. The fourth-order valence-corrected chi connectivity index (χ4v) is 4.87. The first kappa shape index (κ1) is 20.4. The molecule has 1 atom stereocenters. The average Bonchev–Trinajstić information content (AvgIpc) is 3.10. The quantitative estimate of drug-likeness (QED) is 0.610. The first-order valence-electron chi connectivity index (χ1n) is 10.9. The predicted octanol–water partition coefficient (Wildman–Crippen LogP) is 2.05. The molecule has 4 heterocycles. The molecule has 32 heavy (non-hydrogen) atoms. The van der Waals surface area contributed by atoms with E-state index in [0.29, 0.717) is 11.3 Å². The molecule has 4 aliphatic heterocycles. The fourth-order valence-electron chi connectivity index (χ4n) is 4.87. The van der Waals surface area contributed by atoms with Crippen LogP contribution in [0.25, 0.3) is 11.3 Å². The van der Waals surface area contributed by atoms with Gasteiger partial charge in [-0.2, -0.15) is 5.10 Å². The van der Waals surface area contributed by atoms with Gasteiger partial charge in [-0.25, -0.2) is 9.89 Å². The van der Waals surface area contributed by atoms with Gasteiger partial charge in [0.2, 0.25) is 5.91 Å². The SMILES string of the molecule is COC(=O)c1cn(C2CCN([C@@H]3CCc4ccccc4NC3=O)CC2)cc2c(=O)[nH]nc1-2. The first-order valence-corrected chi connectivity index (χ1v) is 10.9. The maximum Gasteiger partial charge on any atom is 0.341 e. The number of amides is 1. The van der Waals surface area contributed by atoms with Gasteiger partial charge >= 0.3 is 5.97 Å². The van der Waals surface area contributed by atoms with Gasteiger partial charge in [0.1, 0.15) is 11.3 Å². The van der Waals surface area contributed by atoms with Crippen LogP contribution in [0.5, 0.6) is 0 Å². The largest absolute Gasteiger partial charge is 0.465 e. The molecular weight excluding hydrogens is 410 g/mol. The number of likely N-dealkylation sites (tertiary alicyclic amines) is 1. The maximum absolute atomic E-state index is 12.9. The predicted molar refractivity (Wildman–Crippen MR) is 118 cm³/mol. The molecular formula is C23H25N5O4. The number of esters is 1. The summed E-state index contributed by atoms with van der Waals surface area (Å²) in [5, 5.41) is 9.47. The molecule has 0 unspecified atom stereocenters. The third-order valence-corrected chi connectivity index (χ3v) is 6.61. The van der Waals surface area contributed by atoms with Gasteiger partial charge in [0.15, 0.2) is 0 Å². The van der Waals surface area contributed by atoms with Crippen LogP contribution in [0.15, 0.2) is 41.5 Å². The van der Waals surface area contributed by atoms with E-state index in [1.54, 1.807) is 12.4 Å². The van der Waals surface area contributed by atoms with Crippen molar-refractivity contribution < 1.29 is 14.3 Å². The molecule has 4 aliphatic rings. The second-order valence-electron chi connectivity index (χ2n) is 8.39. The monoisotopic (exact) mass is 435 g/mol. The molecule has 1 saturated heterocycles. The number of nitrogens with one attached hydrogen (secondary N) is 2. The molecule has 9 heteroatoms. The van der Waals surface area contributed by atoms with Crippen LogP contribution < -0.4 is 10.9 Å². The topological polar surface area (TPSA) is 109 Å². The number of H-pyrrole nitrogens is 1. The summed E-state index contributed by atoms with van der Waals surface area (Å²) in [6, 6.07) is 7.90. The van der Waals surface area contributed by atoms with Crippen LogP contribution in [0.4, 0.5) is 5.69 Å². The Labute approximate surface area is 184 Å². The minimum absolute atomic E-state index is 0.0462. The smallest absolute Gasteiger partial charge is 0.341 e. The minimum atomic E-state index is -0.525. The number of para-hydroxylation sites is 1. The highest BCUT2D eigenvalue weighted by Gasteiger charge is 2.33. The molecule has 0 aromatic heterocycles. The maximum atomic E-state index is 12.9. The molecule has 166 valence electrons. The number of hydrogen-bond donors (Lipinski definition) is 2. The Kier molecular flexibility index (Phi) is 5.26. The van der Waals surface area contributed by atoms with Gasteiger partial charge in [0, 0.05) is 37.2 Å². The lowest BCUT2D eigenvalue weighted by Gasteiger charge is -2.37. The minimum Gasteiger partial charge on any atom is -0.465 e. The van der Waals surface area contributed by atoms with Gasteiger partial charge in [-0.05, 0) is 37.3 Å². The van der Waals surface area contributed by atoms with Gasteiger partial charge in [0.25, 0.3) is 5.56 Å². The summed E-state index contributed by atoms with van der Waals surface area (Å²) in [6.45, 7) is 1.51. The summed E-state index contributed by atoms with van der Waals surface area (Å²) < 4.78 is 6.80. The number of aromatic nitrogens is 3. The van der Waals surface area contributed by atoms with Crippen LogP contribution in [0.2, 0.25) is 0 Å². The van der Waals surface area contributed by atoms with E-state index in [0.717, 1.165) is 44.5 Å².